The fraction of sp³-hybridized carbons (Fsp3) is 0.571. The van der Waals surface area contributed by atoms with Crippen molar-refractivity contribution in [1.82, 2.24) is 5.32 Å². The first-order chi connectivity index (χ1) is 8.01. The number of rotatable bonds is 4. The zero-order valence-electron chi connectivity index (χ0n) is 10.4. The van der Waals surface area contributed by atoms with Crippen LogP contribution in [0.2, 0.25) is 5.02 Å². The normalized spacial score (nSPS) is 18.2. The van der Waals surface area contributed by atoms with E-state index in [1.165, 1.54) is 12.0 Å². The van der Waals surface area contributed by atoms with E-state index in [0.717, 1.165) is 34.9 Å². The predicted molar refractivity (Wildman–Crippen MR) is 77.6 cm³/mol. The Morgan fingerprint density at radius 1 is 1.41 bits per heavy atom. The first-order valence-corrected chi connectivity index (χ1v) is 7.32. The van der Waals surface area contributed by atoms with Crippen molar-refractivity contribution in [1.29, 1.82) is 0 Å². The van der Waals surface area contributed by atoms with Gasteiger partial charge in [-0.1, -0.05) is 47.4 Å². The summed E-state index contributed by atoms with van der Waals surface area (Å²) in [5.41, 5.74) is 1.70. The van der Waals surface area contributed by atoms with Gasteiger partial charge in [0.25, 0.3) is 0 Å². The highest BCUT2D eigenvalue weighted by atomic mass is 79.9. The van der Waals surface area contributed by atoms with E-state index in [4.69, 9.17) is 11.6 Å². The van der Waals surface area contributed by atoms with Crippen molar-refractivity contribution in [2.75, 3.05) is 13.1 Å². The molecule has 0 aromatic heterocycles. The van der Waals surface area contributed by atoms with Crippen LogP contribution >= 0.6 is 27.5 Å². The van der Waals surface area contributed by atoms with Gasteiger partial charge in [0.2, 0.25) is 0 Å². The molecule has 0 bridgehead atoms. The molecule has 0 atom stereocenters. The third kappa shape index (κ3) is 3.24. The SMILES string of the molecule is CC(C)CC1(Cc2ccc(Br)cc2Cl)CNC1. The van der Waals surface area contributed by atoms with E-state index >= 15 is 0 Å². The van der Waals surface area contributed by atoms with Gasteiger partial charge in [-0.05, 0) is 41.9 Å². The standard InChI is InChI=1S/C14H19BrClN/c1-10(2)6-14(8-17-9-14)7-11-3-4-12(15)5-13(11)16/h3-5,10,17H,6-9H2,1-2H3. The van der Waals surface area contributed by atoms with Gasteiger partial charge < -0.3 is 5.32 Å². The summed E-state index contributed by atoms with van der Waals surface area (Å²) < 4.78 is 1.05. The third-order valence-corrected chi connectivity index (χ3v) is 4.27. The Morgan fingerprint density at radius 2 is 2.12 bits per heavy atom. The summed E-state index contributed by atoms with van der Waals surface area (Å²) in [5.74, 6) is 0.742. The smallest absolute Gasteiger partial charge is 0.0449 e. The van der Waals surface area contributed by atoms with Gasteiger partial charge >= 0.3 is 0 Å². The van der Waals surface area contributed by atoms with Gasteiger partial charge in [0, 0.05) is 22.6 Å². The molecule has 0 spiro atoms. The molecule has 17 heavy (non-hydrogen) atoms. The molecule has 1 saturated heterocycles. The van der Waals surface area contributed by atoms with E-state index < -0.39 is 0 Å². The van der Waals surface area contributed by atoms with E-state index in [1.54, 1.807) is 0 Å². The molecular formula is C14H19BrClN. The van der Waals surface area contributed by atoms with Crippen LogP contribution in [0.3, 0.4) is 0 Å². The zero-order valence-corrected chi connectivity index (χ0v) is 12.7. The lowest BCUT2D eigenvalue weighted by atomic mass is 9.71. The highest BCUT2D eigenvalue weighted by Gasteiger charge is 2.37. The highest BCUT2D eigenvalue weighted by molar-refractivity contribution is 9.10. The summed E-state index contributed by atoms with van der Waals surface area (Å²) in [6.45, 7) is 6.83. The van der Waals surface area contributed by atoms with Crippen molar-refractivity contribution in [2.24, 2.45) is 11.3 Å². The molecule has 1 heterocycles. The van der Waals surface area contributed by atoms with E-state index in [9.17, 15) is 0 Å². The van der Waals surface area contributed by atoms with Crippen LogP contribution in [0.1, 0.15) is 25.8 Å². The maximum absolute atomic E-state index is 6.30. The van der Waals surface area contributed by atoms with E-state index in [1.807, 2.05) is 6.07 Å². The lowest BCUT2D eigenvalue weighted by Crippen LogP contribution is -2.55. The molecule has 0 radical (unpaired) electrons. The van der Waals surface area contributed by atoms with Crippen molar-refractivity contribution in [3.8, 4) is 0 Å². The van der Waals surface area contributed by atoms with Crippen LogP contribution < -0.4 is 5.32 Å². The molecule has 0 amide bonds. The molecule has 94 valence electrons. The molecule has 1 N–H and O–H groups in total. The van der Waals surface area contributed by atoms with E-state index in [0.29, 0.717) is 5.41 Å². The Kier molecular flexibility index (Phi) is 4.17. The number of hydrogen-bond donors (Lipinski definition) is 1. The van der Waals surface area contributed by atoms with Crippen molar-refractivity contribution < 1.29 is 0 Å². The quantitative estimate of drug-likeness (QED) is 0.874. The van der Waals surface area contributed by atoms with E-state index in [-0.39, 0.29) is 0 Å². The molecule has 0 unspecified atom stereocenters. The van der Waals surface area contributed by atoms with Gasteiger partial charge in [-0.15, -0.1) is 0 Å². The molecule has 1 aliphatic heterocycles. The number of halogens is 2. The Labute approximate surface area is 117 Å². The second-order valence-electron chi connectivity index (χ2n) is 5.61. The Bertz CT molecular complexity index is 399. The fourth-order valence-corrected chi connectivity index (χ4v) is 3.50. The summed E-state index contributed by atoms with van der Waals surface area (Å²) in [7, 11) is 0. The lowest BCUT2D eigenvalue weighted by Gasteiger charge is -2.44. The number of nitrogens with one attached hydrogen (secondary N) is 1. The van der Waals surface area contributed by atoms with Crippen LogP contribution in [0.4, 0.5) is 0 Å². The molecule has 1 aliphatic rings. The van der Waals surface area contributed by atoms with Crippen LogP contribution in [-0.2, 0) is 6.42 Å². The molecule has 1 aromatic rings. The van der Waals surface area contributed by atoms with Crippen molar-refractivity contribution >= 4 is 27.5 Å². The maximum Gasteiger partial charge on any atom is 0.0449 e. The van der Waals surface area contributed by atoms with Crippen LogP contribution in [0.25, 0.3) is 0 Å². The summed E-state index contributed by atoms with van der Waals surface area (Å²) in [5, 5.41) is 4.29. The maximum atomic E-state index is 6.30. The zero-order chi connectivity index (χ0) is 12.5. The second kappa shape index (κ2) is 5.29. The monoisotopic (exact) mass is 315 g/mol. The fourth-order valence-electron chi connectivity index (χ4n) is 2.76. The number of hydrogen-bond acceptors (Lipinski definition) is 1. The van der Waals surface area contributed by atoms with Crippen LogP contribution in [0.5, 0.6) is 0 Å². The van der Waals surface area contributed by atoms with Crippen LogP contribution in [0.15, 0.2) is 22.7 Å². The van der Waals surface area contributed by atoms with Gasteiger partial charge in [0.1, 0.15) is 0 Å². The Balaban J connectivity index is 2.13. The molecule has 1 nitrogen and oxygen atoms in total. The molecular weight excluding hydrogens is 298 g/mol. The minimum Gasteiger partial charge on any atom is -0.316 e. The predicted octanol–water partition coefficient (Wildman–Crippen LogP) is 4.28. The third-order valence-electron chi connectivity index (χ3n) is 3.42. The number of benzene rings is 1. The Hall–Kier alpha value is -0.0500. The largest absolute Gasteiger partial charge is 0.316 e. The minimum absolute atomic E-state index is 0.422. The van der Waals surface area contributed by atoms with E-state index in [2.05, 4.69) is 47.2 Å². The van der Waals surface area contributed by atoms with Crippen molar-refractivity contribution in [3.63, 3.8) is 0 Å². The highest BCUT2D eigenvalue weighted by Crippen LogP contribution is 2.36. The summed E-state index contributed by atoms with van der Waals surface area (Å²) >= 11 is 9.75. The molecule has 1 fully saturated rings. The molecule has 3 heteroatoms. The molecule has 1 aromatic carbocycles. The van der Waals surface area contributed by atoms with Crippen LogP contribution in [0, 0.1) is 11.3 Å². The Morgan fingerprint density at radius 3 is 2.59 bits per heavy atom. The second-order valence-corrected chi connectivity index (χ2v) is 6.94. The molecule has 0 aliphatic carbocycles. The summed E-state index contributed by atoms with van der Waals surface area (Å²) in [6.07, 6.45) is 2.36. The minimum atomic E-state index is 0.422. The summed E-state index contributed by atoms with van der Waals surface area (Å²) in [4.78, 5) is 0. The van der Waals surface area contributed by atoms with Gasteiger partial charge in [0.05, 0.1) is 0 Å². The molecule has 2 rings (SSSR count). The van der Waals surface area contributed by atoms with Gasteiger partial charge in [0.15, 0.2) is 0 Å². The van der Waals surface area contributed by atoms with Gasteiger partial charge in [-0.25, -0.2) is 0 Å². The average molecular weight is 317 g/mol. The van der Waals surface area contributed by atoms with Crippen molar-refractivity contribution in [3.05, 3.63) is 33.3 Å². The topological polar surface area (TPSA) is 12.0 Å². The van der Waals surface area contributed by atoms with Crippen LogP contribution in [-0.4, -0.2) is 13.1 Å². The summed E-state index contributed by atoms with van der Waals surface area (Å²) in [6, 6.07) is 6.22. The molecule has 0 saturated carbocycles. The average Bonchev–Trinajstić information content (AvgIpc) is 2.18. The van der Waals surface area contributed by atoms with Crippen molar-refractivity contribution in [2.45, 2.75) is 26.7 Å². The van der Waals surface area contributed by atoms with Gasteiger partial charge in [-0.2, -0.15) is 0 Å². The lowest BCUT2D eigenvalue weighted by molar-refractivity contribution is 0.131. The first-order valence-electron chi connectivity index (χ1n) is 6.15. The van der Waals surface area contributed by atoms with Gasteiger partial charge in [-0.3, -0.25) is 0 Å². The first kappa shape index (κ1) is 13.4.